The first kappa shape index (κ1) is 12.2. The lowest BCUT2D eigenvalue weighted by molar-refractivity contribution is -0.112. The molecule has 0 fully saturated rings. The third kappa shape index (κ3) is 9.06. The highest BCUT2D eigenvalue weighted by atomic mass is 16.1. The van der Waals surface area contributed by atoms with Gasteiger partial charge >= 0.3 is 0 Å². The molecule has 74 valence electrons. The van der Waals surface area contributed by atoms with Crippen molar-refractivity contribution in [1.29, 1.82) is 0 Å². The van der Waals surface area contributed by atoms with Gasteiger partial charge in [0.05, 0.1) is 0 Å². The van der Waals surface area contributed by atoms with Crippen molar-refractivity contribution in [1.82, 2.24) is 0 Å². The average Bonchev–Trinajstić information content (AvgIpc) is 2.02. The number of hydrogen-bond acceptors (Lipinski definition) is 1. The summed E-state index contributed by atoms with van der Waals surface area (Å²) in [6.07, 6.45) is 10.8. The molecule has 1 heteroatoms. The number of hydrogen-bond donors (Lipinski definition) is 0. The second-order valence-electron chi connectivity index (χ2n) is 3.40. The molecular weight excluding hydrogens is 160 g/mol. The molecule has 0 aliphatic heterocycles. The van der Waals surface area contributed by atoms with Crippen LogP contribution in [0.4, 0.5) is 0 Å². The van der Waals surface area contributed by atoms with E-state index >= 15 is 0 Å². The molecule has 0 radical (unpaired) electrons. The molecule has 0 saturated carbocycles. The first-order valence-electron chi connectivity index (χ1n) is 5.02. The van der Waals surface area contributed by atoms with E-state index in [-0.39, 0.29) is 5.78 Å². The van der Waals surface area contributed by atoms with E-state index in [4.69, 9.17) is 0 Å². The number of ketones is 1. The highest BCUT2D eigenvalue weighted by Gasteiger charge is 1.86. The highest BCUT2D eigenvalue weighted by molar-refractivity contribution is 5.88. The zero-order valence-electron chi connectivity index (χ0n) is 8.97. The molecule has 0 atom stereocenters. The Labute approximate surface area is 81.5 Å². The van der Waals surface area contributed by atoms with E-state index in [1.165, 1.54) is 19.3 Å². The van der Waals surface area contributed by atoms with Crippen molar-refractivity contribution in [3.63, 3.8) is 0 Å². The topological polar surface area (TPSA) is 17.1 Å². The number of carbonyl (C=O) groups is 1. The van der Waals surface area contributed by atoms with Crippen LogP contribution in [0.2, 0.25) is 0 Å². The van der Waals surface area contributed by atoms with E-state index in [0.29, 0.717) is 0 Å². The Balaban J connectivity index is 3.65. The van der Waals surface area contributed by atoms with Crippen LogP contribution in [0.15, 0.2) is 23.8 Å². The quantitative estimate of drug-likeness (QED) is 0.346. The predicted molar refractivity (Wildman–Crippen MR) is 57.7 cm³/mol. The summed E-state index contributed by atoms with van der Waals surface area (Å²) >= 11 is 0. The van der Waals surface area contributed by atoms with Crippen LogP contribution in [-0.4, -0.2) is 5.78 Å². The lowest BCUT2D eigenvalue weighted by Crippen LogP contribution is -1.82. The van der Waals surface area contributed by atoms with E-state index in [1.807, 2.05) is 13.0 Å². The van der Waals surface area contributed by atoms with Crippen LogP contribution in [0, 0.1) is 0 Å². The maximum Gasteiger partial charge on any atom is 0.152 e. The van der Waals surface area contributed by atoms with E-state index < -0.39 is 0 Å². The third-order valence-electron chi connectivity index (χ3n) is 1.79. The largest absolute Gasteiger partial charge is 0.295 e. The van der Waals surface area contributed by atoms with Gasteiger partial charge in [-0.25, -0.2) is 0 Å². The Morgan fingerprint density at radius 3 is 2.46 bits per heavy atom. The van der Waals surface area contributed by atoms with Crippen molar-refractivity contribution < 1.29 is 4.79 Å². The van der Waals surface area contributed by atoms with Gasteiger partial charge in [-0.1, -0.05) is 31.9 Å². The Morgan fingerprint density at radius 1 is 1.23 bits per heavy atom. The van der Waals surface area contributed by atoms with Crippen molar-refractivity contribution in [3.05, 3.63) is 23.8 Å². The molecule has 0 saturated heterocycles. The molecule has 1 nitrogen and oxygen atoms in total. The summed E-state index contributed by atoms with van der Waals surface area (Å²) in [6, 6.07) is 0. The molecule has 0 aliphatic rings. The van der Waals surface area contributed by atoms with Crippen LogP contribution in [0.25, 0.3) is 0 Å². The van der Waals surface area contributed by atoms with Crippen LogP contribution < -0.4 is 0 Å². The van der Waals surface area contributed by atoms with Gasteiger partial charge in [0.1, 0.15) is 0 Å². The van der Waals surface area contributed by atoms with Gasteiger partial charge in [0.15, 0.2) is 5.78 Å². The fraction of sp³-hybridized carbons (Fsp3) is 0.583. The minimum absolute atomic E-state index is 0.121. The first-order valence-corrected chi connectivity index (χ1v) is 5.02. The van der Waals surface area contributed by atoms with Gasteiger partial charge in [-0.3, -0.25) is 4.79 Å². The van der Waals surface area contributed by atoms with Gasteiger partial charge < -0.3 is 0 Å². The summed E-state index contributed by atoms with van der Waals surface area (Å²) in [5.74, 6) is 0.121. The summed E-state index contributed by atoms with van der Waals surface area (Å²) in [5.41, 5.74) is 1.05. The standard InChI is InChI=1S/C12H20O/c1-4-5-6-7-8-9-11(2)10-12(3)13/h8-10H,4-7H2,1-3H3/b9-8+,11-10+. The van der Waals surface area contributed by atoms with Gasteiger partial charge in [0, 0.05) is 0 Å². The molecule has 13 heavy (non-hydrogen) atoms. The molecule has 0 bridgehead atoms. The minimum atomic E-state index is 0.121. The Bertz CT molecular complexity index is 199. The molecule has 0 aromatic heterocycles. The Hall–Kier alpha value is -0.850. The van der Waals surface area contributed by atoms with Gasteiger partial charge in [-0.15, -0.1) is 0 Å². The summed E-state index contributed by atoms with van der Waals surface area (Å²) in [7, 11) is 0. The molecule has 0 rings (SSSR count). The fourth-order valence-electron chi connectivity index (χ4n) is 1.15. The normalized spacial score (nSPS) is 12.4. The Morgan fingerprint density at radius 2 is 1.92 bits per heavy atom. The number of allylic oxidation sites excluding steroid dienone is 4. The van der Waals surface area contributed by atoms with Crippen LogP contribution in [-0.2, 0) is 4.79 Å². The second kappa shape index (κ2) is 7.78. The van der Waals surface area contributed by atoms with E-state index in [1.54, 1.807) is 13.0 Å². The number of rotatable bonds is 6. The molecule has 0 N–H and O–H groups in total. The Kier molecular flexibility index (Phi) is 7.27. The highest BCUT2D eigenvalue weighted by Crippen LogP contribution is 2.02. The van der Waals surface area contributed by atoms with Gasteiger partial charge in [0.2, 0.25) is 0 Å². The summed E-state index contributed by atoms with van der Waals surface area (Å²) in [4.78, 5) is 10.7. The van der Waals surface area contributed by atoms with E-state index in [0.717, 1.165) is 12.0 Å². The summed E-state index contributed by atoms with van der Waals surface area (Å²) in [5, 5.41) is 0. The van der Waals surface area contributed by atoms with Crippen molar-refractivity contribution in [2.24, 2.45) is 0 Å². The van der Waals surface area contributed by atoms with E-state index in [2.05, 4.69) is 13.0 Å². The fourth-order valence-corrected chi connectivity index (χ4v) is 1.15. The molecule has 0 unspecified atom stereocenters. The van der Waals surface area contributed by atoms with Crippen molar-refractivity contribution >= 4 is 5.78 Å². The molecular formula is C12H20O. The van der Waals surface area contributed by atoms with E-state index in [9.17, 15) is 4.79 Å². The van der Waals surface area contributed by atoms with Crippen LogP contribution in [0.5, 0.6) is 0 Å². The SMILES string of the molecule is CCCCC/C=C/C(C)=C/C(C)=O. The van der Waals surface area contributed by atoms with Crippen molar-refractivity contribution in [3.8, 4) is 0 Å². The molecule has 0 aromatic carbocycles. The molecule has 0 heterocycles. The third-order valence-corrected chi connectivity index (χ3v) is 1.79. The van der Waals surface area contributed by atoms with Gasteiger partial charge in [0.25, 0.3) is 0 Å². The van der Waals surface area contributed by atoms with Crippen molar-refractivity contribution in [2.75, 3.05) is 0 Å². The average molecular weight is 180 g/mol. The van der Waals surface area contributed by atoms with Gasteiger partial charge in [-0.2, -0.15) is 0 Å². The first-order chi connectivity index (χ1) is 6.16. The minimum Gasteiger partial charge on any atom is -0.295 e. The number of carbonyl (C=O) groups excluding carboxylic acids is 1. The maximum atomic E-state index is 10.7. The summed E-state index contributed by atoms with van der Waals surface area (Å²) in [6.45, 7) is 5.73. The lowest BCUT2D eigenvalue weighted by atomic mass is 10.1. The van der Waals surface area contributed by atoms with Crippen LogP contribution in [0.3, 0.4) is 0 Å². The molecule has 0 spiro atoms. The number of unbranched alkanes of at least 4 members (excludes halogenated alkanes) is 3. The monoisotopic (exact) mass is 180 g/mol. The lowest BCUT2D eigenvalue weighted by Gasteiger charge is -1.92. The zero-order chi connectivity index (χ0) is 10.1. The second-order valence-corrected chi connectivity index (χ2v) is 3.40. The molecule has 0 amide bonds. The predicted octanol–water partition coefficient (Wildman–Crippen LogP) is 3.66. The molecule has 0 aliphatic carbocycles. The maximum absolute atomic E-state index is 10.7. The smallest absolute Gasteiger partial charge is 0.152 e. The summed E-state index contributed by atoms with van der Waals surface area (Å²) < 4.78 is 0. The van der Waals surface area contributed by atoms with Gasteiger partial charge in [-0.05, 0) is 38.3 Å². The van der Waals surface area contributed by atoms with Crippen LogP contribution >= 0.6 is 0 Å². The van der Waals surface area contributed by atoms with Crippen molar-refractivity contribution in [2.45, 2.75) is 46.5 Å². The zero-order valence-corrected chi connectivity index (χ0v) is 8.97. The molecule has 0 aromatic rings. The van der Waals surface area contributed by atoms with Crippen LogP contribution in [0.1, 0.15) is 46.5 Å².